The fraction of sp³-hybridized carbons (Fsp3) is 0.943. The Labute approximate surface area is 382 Å². The van der Waals surface area contributed by atoms with Gasteiger partial charge in [-0.05, 0) is 38.5 Å². The second-order valence-corrected chi connectivity index (χ2v) is 19.0. The summed E-state index contributed by atoms with van der Waals surface area (Å²) in [7, 11) is 0. The van der Waals surface area contributed by atoms with Crippen LogP contribution in [0.15, 0.2) is 12.2 Å². The van der Waals surface area contributed by atoms with E-state index in [4.69, 9.17) is 9.47 Å². The Balaban J connectivity index is 2.24. The Kier molecular flexibility index (Phi) is 41.6. The molecule has 0 spiro atoms. The third kappa shape index (κ3) is 33.4. The summed E-state index contributed by atoms with van der Waals surface area (Å²) in [6, 6.07) is -0.717. The maximum atomic E-state index is 13.0. The molecule has 0 saturated carbocycles. The van der Waals surface area contributed by atoms with Gasteiger partial charge >= 0.3 is 0 Å². The number of hydrogen-bond acceptors (Lipinski definition) is 8. The molecule has 7 atom stereocenters. The van der Waals surface area contributed by atoms with Crippen LogP contribution in [0.3, 0.4) is 0 Å². The molecule has 368 valence electrons. The molecule has 0 aromatic rings. The fourth-order valence-electron chi connectivity index (χ4n) is 8.80. The SMILES string of the molecule is CCCCCCCC/C=C\CCCCCCCCCCCC(=O)NC(COC1OC(CO)C(O)C(O)C1O)C(O)CCCCCCCCCCCCCCCCCCCCCC. The highest BCUT2D eigenvalue weighted by atomic mass is 16.7. The molecule has 9 nitrogen and oxygen atoms in total. The monoisotopic (exact) mass is 882 g/mol. The zero-order valence-corrected chi connectivity index (χ0v) is 40.6. The van der Waals surface area contributed by atoms with Crippen molar-refractivity contribution >= 4 is 5.91 Å². The summed E-state index contributed by atoms with van der Waals surface area (Å²) in [6.07, 6.45) is 45.1. The number of amides is 1. The topological polar surface area (TPSA) is 149 Å². The number of carbonyl (C=O) groups is 1. The molecule has 0 radical (unpaired) electrons. The van der Waals surface area contributed by atoms with Crippen molar-refractivity contribution in [1.82, 2.24) is 5.32 Å². The molecular formula is C53H103NO8. The first-order chi connectivity index (χ1) is 30.3. The molecule has 1 heterocycles. The molecule has 0 aromatic heterocycles. The maximum absolute atomic E-state index is 13.0. The Hall–Kier alpha value is -1.07. The predicted molar refractivity (Wildman–Crippen MR) is 258 cm³/mol. The number of nitrogens with one attached hydrogen (secondary N) is 1. The molecule has 7 unspecified atom stereocenters. The molecule has 1 aliphatic heterocycles. The van der Waals surface area contributed by atoms with Gasteiger partial charge in [0.15, 0.2) is 6.29 Å². The predicted octanol–water partition coefficient (Wildman–Crippen LogP) is 12.5. The first-order valence-electron chi connectivity index (χ1n) is 26.9. The number of carbonyl (C=O) groups excluding carboxylic acids is 1. The Bertz CT molecular complexity index is 981. The van der Waals surface area contributed by atoms with E-state index in [0.29, 0.717) is 12.8 Å². The Morgan fingerprint density at radius 1 is 0.532 bits per heavy atom. The van der Waals surface area contributed by atoms with Gasteiger partial charge in [-0.25, -0.2) is 0 Å². The quantitative estimate of drug-likeness (QED) is 0.0261. The van der Waals surface area contributed by atoms with E-state index >= 15 is 0 Å². The number of aliphatic hydroxyl groups excluding tert-OH is 5. The van der Waals surface area contributed by atoms with Gasteiger partial charge in [-0.3, -0.25) is 4.79 Å². The summed E-state index contributed by atoms with van der Waals surface area (Å²) in [5.74, 6) is -0.143. The van der Waals surface area contributed by atoms with E-state index in [1.165, 1.54) is 199 Å². The molecular weight excluding hydrogens is 779 g/mol. The highest BCUT2D eigenvalue weighted by Crippen LogP contribution is 2.23. The second-order valence-electron chi connectivity index (χ2n) is 19.0. The zero-order chi connectivity index (χ0) is 45.1. The van der Waals surface area contributed by atoms with Crippen LogP contribution in [-0.4, -0.2) is 87.5 Å². The Morgan fingerprint density at radius 2 is 0.903 bits per heavy atom. The summed E-state index contributed by atoms with van der Waals surface area (Å²) in [4.78, 5) is 13.0. The number of unbranched alkanes of at least 4 members (excludes halogenated alkanes) is 34. The van der Waals surface area contributed by atoms with Crippen LogP contribution in [0.25, 0.3) is 0 Å². The van der Waals surface area contributed by atoms with Crippen LogP contribution >= 0.6 is 0 Å². The number of rotatable bonds is 46. The summed E-state index contributed by atoms with van der Waals surface area (Å²) in [5, 5.41) is 54.6. The van der Waals surface area contributed by atoms with Crippen LogP contribution in [0.1, 0.15) is 264 Å². The van der Waals surface area contributed by atoms with Gasteiger partial charge in [0.2, 0.25) is 5.91 Å². The minimum atomic E-state index is -1.55. The van der Waals surface area contributed by atoms with Gasteiger partial charge in [-0.2, -0.15) is 0 Å². The first kappa shape index (κ1) is 58.9. The van der Waals surface area contributed by atoms with E-state index in [0.717, 1.165) is 38.5 Å². The minimum Gasteiger partial charge on any atom is -0.394 e. The fourth-order valence-corrected chi connectivity index (χ4v) is 8.80. The first-order valence-corrected chi connectivity index (χ1v) is 26.9. The van der Waals surface area contributed by atoms with Gasteiger partial charge in [0.25, 0.3) is 0 Å². The average molecular weight is 882 g/mol. The standard InChI is InChI=1S/C53H103NO8/c1-3-5-7-9-11-13-15-17-19-21-23-25-26-28-30-32-34-36-38-40-42-47(56)46(45-61-53-52(60)51(59)50(58)48(44-55)62-53)54-49(57)43-41-39-37-35-33-31-29-27-24-22-20-18-16-14-12-10-8-6-4-2/h18,20,46-48,50-53,55-56,58-60H,3-17,19,21-45H2,1-2H3,(H,54,57)/b20-18-. The van der Waals surface area contributed by atoms with Gasteiger partial charge < -0.3 is 40.3 Å². The van der Waals surface area contributed by atoms with Crippen molar-refractivity contribution < 1.29 is 39.8 Å². The van der Waals surface area contributed by atoms with Crippen molar-refractivity contribution in [3.05, 3.63) is 12.2 Å². The molecule has 0 aliphatic carbocycles. The third-order valence-corrected chi connectivity index (χ3v) is 13.1. The minimum absolute atomic E-state index is 0.135. The van der Waals surface area contributed by atoms with E-state index in [9.17, 15) is 30.3 Å². The molecule has 1 aliphatic rings. The summed E-state index contributed by atoms with van der Waals surface area (Å²) in [5.41, 5.74) is 0. The van der Waals surface area contributed by atoms with Gasteiger partial charge in [0.1, 0.15) is 24.4 Å². The van der Waals surface area contributed by atoms with E-state index in [1.807, 2.05) is 0 Å². The van der Waals surface area contributed by atoms with E-state index < -0.39 is 49.5 Å². The molecule has 1 saturated heterocycles. The largest absolute Gasteiger partial charge is 0.394 e. The average Bonchev–Trinajstić information content (AvgIpc) is 3.27. The number of ether oxygens (including phenoxy) is 2. The van der Waals surface area contributed by atoms with Crippen molar-refractivity contribution in [3.63, 3.8) is 0 Å². The lowest BCUT2D eigenvalue weighted by molar-refractivity contribution is -0.302. The van der Waals surface area contributed by atoms with Gasteiger partial charge in [0.05, 0.1) is 25.4 Å². The van der Waals surface area contributed by atoms with Crippen LogP contribution in [0.2, 0.25) is 0 Å². The lowest BCUT2D eigenvalue weighted by Crippen LogP contribution is -2.60. The zero-order valence-electron chi connectivity index (χ0n) is 40.6. The molecule has 62 heavy (non-hydrogen) atoms. The molecule has 1 rings (SSSR count). The van der Waals surface area contributed by atoms with Gasteiger partial charge in [-0.1, -0.05) is 231 Å². The van der Waals surface area contributed by atoms with E-state index in [-0.39, 0.29) is 12.5 Å². The van der Waals surface area contributed by atoms with Crippen LogP contribution in [0, 0.1) is 0 Å². The summed E-state index contributed by atoms with van der Waals surface area (Å²) in [6.45, 7) is 3.86. The van der Waals surface area contributed by atoms with Gasteiger partial charge in [-0.15, -0.1) is 0 Å². The van der Waals surface area contributed by atoms with Crippen molar-refractivity contribution in [3.8, 4) is 0 Å². The van der Waals surface area contributed by atoms with Crippen LogP contribution < -0.4 is 5.32 Å². The lowest BCUT2D eigenvalue weighted by atomic mass is 9.99. The second kappa shape index (κ2) is 43.8. The van der Waals surface area contributed by atoms with Crippen molar-refractivity contribution in [2.24, 2.45) is 0 Å². The molecule has 6 N–H and O–H groups in total. The number of allylic oxidation sites excluding steroid dienone is 2. The molecule has 1 fully saturated rings. The summed E-state index contributed by atoms with van der Waals surface area (Å²) >= 11 is 0. The number of hydrogen-bond donors (Lipinski definition) is 6. The van der Waals surface area contributed by atoms with Crippen LogP contribution in [0.4, 0.5) is 0 Å². The van der Waals surface area contributed by atoms with Crippen molar-refractivity contribution in [2.45, 2.75) is 307 Å². The van der Waals surface area contributed by atoms with E-state index in [1.54, 1.807) is 0 Å². The summed E-state index contributed by atoms with van der Waals surface area (Å²) < 4.78 is 11.3. The Morgan fingerprint density at radius 3 is 1.31 bits per heavy atom. The highest BCUT2D eigenvalue weighted by molar-refractivity contribution is 5.76. The normalized spacial score (nSPS) is 20.3. The highest BCUT2D eigenvalue weighted by Gasteiger charge is 2.44. The smallest absolute Gasteiger partial charge is 0.220 e. The van der Waals surface area contributed by atoms with Crippen molar-refractivity contribution in [2.75, 3.05) is 13.2 Å². The van der Waals surface area contributed by atoms with Crippen molar-refractivity contribution in [1.29, 1.82) is 0 Å². The molecule has 1 amide bonds. The van der Waals surface area contributed by atoms with E-state index in [2.05, 4.69) is 31.3 Å². The third-order valence-electron chi connectivity index (χ3n) is 13.1. The molecule has 9 heteroatoms. The number of aliphatic hydroxyl groups is 5. The molecule has 0 bridgehead atoms. The maximum Gasteiger partial charge on any atom is 0.220 e. The lowest BCUT2D eigenvalue weighted by Gasteiger charge is -2.40. The van der Waals surface area contributed by atoms with Gasteiger partial charge in [0, 0.05) is 6.42 Å². The molecule has 0 aromatic carbocycles. The van der Waals surface area contributed by atoms with Crippen LogP contribution in [0.5, 0.6) is 0 Å². The van der Waals surface area contributed by atoms with Crippen LogP contribution in [-0.2, 0) is 14.3 Å².